The summed E-state index contributed by atoms with van der Waals surface area (Å²) in [5.41, 5.74) is 2.36. The van der Waals surface area contributed by atoms with Gasteiger partial charge in [-0.25, -0.2) is 14.3 Å². The van der Waals surface area contributed by atoms with Crippen LogP contribution in [0.5, 0.6) is 11.5 Å². The standard InChI is InChI=1S/C26H22FN3O6/c1-35-21-13-7-3-9-16(21)24(32)28-30(25(33)17-10-4-8-14-22(17)36-2)20-15-23(31)29(26(20)34)19-12-6-5-11-18(19)27/h3-14,20H,15H2,1-2H3,(H,28,32). The molecule has 0 aromatic heterocycles. The fourth-order valence-electron chi connectivity index (χ4n) is 3.93. The summed E-state index contributed by atoms with van der Waals surface area (Å²) < 4.78 is 24.9. The van der Waals surface area contributed by atoms with Crippen molar-refractivity contribution >= 4 is 29.3 Å². The highest BCUT2D eigenvalue weighted by molar-refractivity contribution is 6.23. The molecule has 1 fully saturated rings. The number of hydrogen-bond donors (Lipinski definition) is 1. The highest BCUT2D eigenvalue weighted by Gasteiger charge is 2.46. The van der Waals surface area contributed by atoms with Gasteiger partial charge >= 0.3 is 0 Å². The molecule has 184 valence electrons. The number of imide groups is 1. The Hall–Kier alpha value is -4.73. The van der Waals surface area contributed by atoms with Crippen molar-refractivity contribution in [3.05, 3.63) is 89.7 Å². The zero-order valence-corrected chi connectivity index (χ0v) is 19.4. The topological polar surface area (TPSA) is 105 Å². The number of halogens is 1. The largest absolute Gasteiger partial charge is 0.496 e. The van der Waals surface area contributed by atoms with Crippen LogP contribution in [0.3, 0.4) is 0 Å². The average Bonchev–Trinajstić information content (AvgIpc) is 3.20. The molecule has 4 rings (SSSR count). The van der Waals surface area contributed by atoms with Crippen LogP contribution in [0.2, 0.25) is 0 Å². The minimum absolute atomic E-state index is 0.0462. The normalized spacial score (nSPS) is 15.0. The second-order valence-corrected chi connectivity index (χ2v) is 7.76. The first-order valence-corrected chi connectivity index (χ1v) is 10.9. The summed E-state index contributed by atoms with van der Waals surface area (Å²) in [5, 5.41) is 0.785. The van der Waals surface area contributed by atoms with E-state index in [9.17, 15) is 23.6 Å². The van der Waals surface area contributed by atoms with Crippen molar-refractivity contribution < 1.29 is 33.0 Å². The molecule has 1 aliphatic heterocycles. The van der Waals surface area contributed by atoms with Crippen molar-refractivity contribution in [2.75, 3.05) is 19.1 Å². The molecule has 1 unspecified atom stereocenters. The van der Waals surface area contributed by atoms with Crippen LogP contribution in [0.15, 0.2) is 72.8 Å². The third-order valence-corrected chi connectivity index (χ3v) is 5.66. The van der Waals surface area contributed by atoms with Crippen molar-refractivity contribution in [2.45, 2.75) is 12.5 Å². The number of amides is 4. The van der Waals surface area contributed by atoms with Gasteiger partial charge in [0.05, 0.1) is 37.5 Å². The second kappa shape index (κ2) is 10.3. The molecule has 1 aliphatic rings. The smallest absolute Gasteiger partial charge is 0.276 e. The van der Waals surface area contributed by atoms with Crippen LogP contribution in [0.1, 0.15) is 27.1 Å². The Bertz CT molecular complexity index is 1340. The van der Waals surface area contributed by atoms with Gasteiger partial charge in [-0.15, -0.1) is 0 Å². The summed E-state index contributed by atoms with van der Waals surface area (Å²) in [6.07, 6.45) is -0.472. The minimum Gasteiger partial charge on any atom is -0.496 e. The molecule has 1 heterocycles. The zero-order valence-electron chi connectivity index (χ0n) is 19.4. The van der Waals surface area contributed by atoms with E-state index in [2.05, 4.69) is 5.43 Å². The van der Waals surface area contributed by atoms with Gasteiger partial charge in [0.15, 0.2) is 0 Å². The summed E-state index contributed by atoms with van der Waals surface area (Å²) in [6.45, 7) is 0. The highest BCUT2D eigenvalue weighted by Crippen LogP contribution is 2.29. The van der Waals surface area contributed by atoms with Gasteiger partial charge in [0.1, 0.15) is 23.4 Å². The fraction of sp³-hybridized carbons (Fsp3) is 0.154. The van der Waals surface area contributed by atoms with E-state index in [1.807, 2.05) is 0 Å². The predicted octanol–water partition coefficient (Wildman–Crippen LogP) is 2.96. The van der Waals surface area contributed by atoms with Gasteiger partial charge in [-0.1, -0.05) is 36.4 Å². The first-order valence-electron chi connectivity index (χ1n) is 10.9. The third kappa shape index (κ3) is 4.48. The van der Waals surface area contributed by atoms with E-state index in [4.69, 9.17) is 9.47 Å². The van der Waals surface area contributed by atoms with Crippen molar-refractivity contribution in [1.29, 1.82) is 0 Å². The first-order chi connectivity index (χ1) is 17.4. The van der Waals surface area contributed by atoms with E-state index < -0.39 is 41.9 Å². The van der Waals surface area contributed by atoms with Crippen molar-refractivity contribution in [1.82, 2.24) is 10.4 Å². The lowest BCUT2D eigenvalue weighted by atomic mass is 10.1. The third-order valence-electron chi connectivity index (χ3n) is 5.66. The minimum atomic E-state index is -1.44. The van der Waals surface area contributed by atoms with Gasteiger partial charge in [0, 0.05) is 0 Å². The van der Waals surface area contributed by atoms with E-state index in [0.29, 0.717) is 4.90 Å². The molecule has 0 aliphatic carbocycles. The van der Waals surface area contributed by atoms with Gasteiger partial charge in [-0.05, 0) is 36.4 Å². The predicted molar refractivity (Wildman–Crippen MR) is 127 cm³/mol. The molecule has 0 saturated carbocycles. The Labute approximate surface area is 206 Å². The SMILES string of the molecule is COc1ccccc1C(=O)NN(C(=O)c1ccccc1OC)C1CC(=O)N(c2ccccc2F)C1=O. The van der Waals surface area contributed by atoms with Crippen molar-refractivity contribution in [3.63, 3.8) is 0 Å². The molecule has 4 amide bonds. The molecule has 3 aromatic carbocycles. The van der Waals surface area contributed by atoms with Crippen LogP contribution in [0, 0.1) is 5.82 Å². The van der Waals surface area contributed by atoms with Crippen LogP contribution < -0.4 is 19.8 Å². The Kier molecular flexibility index (Phi) is 6.95. The number of rotatable bonds is 6. The van der Waals surface area contributed by atoms with Crippen LogP contribution in [-0.2, 0) is 9.59 Å². The summed E-state index contributed by atoms with van der Waals surface area (Å²) in [4.78, 5) is 53.7. The van der Waals surface area contributed by atoms with Gasteiger partial charge in [-0.3, -0.25) is 24.6 Å². The Morgan fingerprint density at radius 3 is 2.08 bits per heavy atom. The van der Waals surface area contributed by atoms with E-state index in [0.717, 1.165) is 11.1 Å². The Morgan fingerprint density at radius 2 is 1.44 bits per heavy atom. The van der Waals surface area contributed by atoms with E-state index >= 15 is 0 Å². The molecule has 1 atom stereocenters. The summed E-state index contributed by atoms with van der Waals surface area (Å²) in [5.74, 6) is -3.48. The van der Waals surface area contributed by atoms with Crippen molar-refractivity contribution in [2.24, 2.45) is 0 Å². The lowest BCUT2D eigenvalue weighted by Crippen LogP contribution is -2.54. The maximum Gasteiger partial charge on any atom is 0.276 e. The van der Waals surface area contributed by atoms with Crippen LogP contribution >= 0.6 is 0 Å². The maximum absolute atomic E-state index is 14.4. The number of ether oxygens (including phenoxy) is 2. The first kappa shape index (κ1) is 24.4. The molecular weight excluding hydrogens is 469 g/mol. The second-order valence-electron chi connectivity index (χ2n) is 7.76. The monoisotopic (exact) mass is 491 g/mol. The summed E-state index contributed by atoms with van der Waals surface area (Å²) >= 11 is 0. The van der Waals surface area contributed by atoms with Gasteiger partial charge in [0.2, 0.25) is 5.91 Å². The molecule has 0 bridgehead atoms. The molecule has 10 heteroatoms. The van der Waals surface area contributed by atoms with Gasteiger partial charge < -0.3 is 9.47 Å². The number of carbonyl (C=O) groups is 4. The molecular formula is C26H22FN3O6. The van der Waals surface area contributed by atoms with Gasteiger partial charge in [-0.2, -0.15) is 0 Å². The van der Waals surface area contributed by atoms with E-state index in [1.165, 1.54) is 44.6 Å². The number of benzene rings is 3. The van der Waals surface area contributed by atoms with E-state index in [1.54, 1.807) is 36.4 Å². The number of carbonyl (C=O) groups excluding carboxylic acids is 4. The summed E-state index contributed by atoms with van der Waals surface area (Å²) in [7, 11) is 2.75. The fourth-order valence-corrected chi connectivity index (χ4v) is 3.93. The number of anilines is 1. The molecule has 0 radical (unpaired) electrons. The average molecular weight is 491 g/mol. The molecule has 9 nitrogen and oxygen atoms in total. The van der Waals surface area contributed by atoms with Gasteiger partial charge in [0.25, 0.3) is 17.7 Å². The van der Waals surface area contributed by atoms with Crippen LogP contribution in [-0.4, -0.2) is 48.9 Å². The van der Waals surface area contributed by atoms with E-state index in [-0.39, 0.29) is 28.3 Å². The number of methoxy groups -OCH3 is 2. The quantitative estimate of drug-likeness (QED) is 0.420. The lowest BCUT2D eigenvalue weighted by Gasteiger charge is -2.28. The Morgan fingerprint density at radius 1 is 0.889 bits per heavy atom. The number of hydrogen-bond acceptors (Lipinski definition) is 6. The number of nitrogens with one attached hydrogen (secondary N) is 1. The number of para-hydroxylation sites is 3. The summed E-state index contributed by atoms with van der Waals surface area (Å²) in [6, 6.07) is 16.4. The molecule has 0 spiro atoms. The Balaban J connectivity index is 1.74. The molecule has 1 N–H and O–H groups in total. The number of hydrazine groups is 1. The lowest BCUT2D eigenvalue weighted by molar-refractivity contribution is -0.123. The van der Waals surface area contributed by atoms with Crippen LogP contribution in [0.25, 0.3) is 0 Å². The molecule has 3 aromatic rings. The highest BCUT2D eigenvalue weighted by atomic mass is 19.1. The molecule has 36 heavy (non-hydrogen) atoms. The van der Waals surface area contributed by atoms with Crippen molar-refractivity contribution in [3.8, 4) is 11.5 Å². The van der Waals surface area contributed by atoms with Crippen LogP contribution in [0.4, 0.5) is 10.1 Å². The zero-order chi connectivity index (χ0) is 25.8. The molecule has 1 saturated heterocycles. The maximum atomic E-state index is 14.4. The number of nitrogens with zero attached hydrogens (tertiary/aromatic N) is 2.